The summed E-state index contributed by atoms with van der Waals surface area (Å²) in [5.74, 6) is 0.208. The topological polar surface area (TPSA) is 67.4 Å². The molecule has 0 bridgehead atoms. The van der Waals surface area contributed by atoms with Crippen LogP contribution in [0, 0.1) is 0 Å². The van der Waals surface area contributed by atoms with Crippen molar-refractivity contribution in [2.24, 2.45) is 0 Å². The fourth-order valence-corrected chi connectivity index (χ4v) is 2.76. The fourth-order valence-electron chi connectivity index (χ4n) is 2.76. The van der Waals surface area contributed by atoms with E-state index in [1.54, 1.807) is 20.1 Å². The first-order valence-electron chi connectivity index (χ1n) is 9.38. The summed E-state index contributed by atoms with van der Waals surface area (Å²) in [6.07, 6.45) is 3.85. The van der Waals surface area contributed by atoms with E-state index in [1.807, 2.05) is 68.4 Å². The smallest absolute Gasteiger partial charge is 0.244 e. The number of carbonyl (C=O) groups is 2. The van der Waals surface area contributed by atoms with Gasteiger partial charge in [-0.2, -0.15) is 0 Å². The quantitative estimate of drug-likeness (QED) is 0.687. The number of methoxy groups -OCH3 is 1. The van der Waals surface area contributed by atoms with Gasteiger partial charge in [0.25, 0.3) is 0 Å². The van der Waals surface area contributed by atoms with Crippen LogP contribution in [0.15, 0.2) is 60.7 Å². The summed E-state index contributed by atoms with van der Waals surface area (Å²) in [5, 5.41) is 5.77. The lowest BCUT2D eigenvalue weighted by Gasteiger charge is -2.31. The first-order chi connectivity index (χ1) is 13.4. The van der Waals surface area contributed by atoms with E-state index in [-0.39, 0.29) is 11.8 Å². The first kappa shape index (κ1) is 21.2. The number of carbonyl (C=O) groups excluding carboxylic acids is 2. The predicted octanol–water partition coefficient (Wildman–Crippen LogP) is 3.65. The minimum atomic E-state index is -0.650. The zero-order chi connectivity index (χ0) is 20.6. The van der Waals surface area contributed by atoms with Crippen molar-refractivity contribution < 1.29 is 14.3 Å². The molecule has 0 aliphatic rings. The minimum absolute atomic E-state index is 0.223. The van der Waals surface area contributed by atoms with Crippen LogP contribution >= 0.6 is 0 Å². The molecule has 0 aromatic heterocycles. The van der Waals surface area contributed by atoms with Crippen LogP contribution in [0.25, 0.3) is 6.08 Å². The lowest BCUT2D eigenvalue weighted by molar-refractivity contribution is -0.128. The SMILES string of the molecule is CCC(C)(NC(=O)C(C)NC(=O)/C=C/c1ccc(OC)cc1)c1ccccc1. The maximum atomic E-state index is 12.6. The molecular weight excluding hydrogens is 352 g/mol. The molecule has 0 heterocycles. The molecule has 2 aromatic rings. The van der Waals surface area contributed by atoms with Crippen molar-refractivity contribution in [3.8, 4) is 5.75 Å². The highest BCUT2D eigenvalue weighted by molar-refractivity contribution is 5.95. The third-order valence-corrected chi connectivity index (χ3v) is 4.81. The van der Waals surface area contributed by atoms with Crippen LogP contribution in [0.1, 0.15) is 38.3 Å². The van der Waals surface area contributed by atoms with Crippen LogP contribution in [0.3, 0.4) is 0 Å². The molecule has 0 radical (unpaired) electrons. The van der Waals surface area contributed by atoms with Crippen molar-refractivity contribution in [2.75, 3.05) is 7.11 Å². The normalized spacial score (nSPS) is 14.1. The molecule has 2 aromatic carbocycles. The second-order valence-corrected chi connectivity index (χ2v) is 6.88. The van der Waals surface area contributed by atoms with Crippen molar-refractivity contribution in [1.29, 1.82) is 0 Å². The number of nitrogens with one attached hydrogen (secondary N) is 2. The van der Waals surface area contributed by atoms with E-state index >= 15 is 0 Å². The van der Waals surface area contributed by atoms with E-state index in [2.05, 4.69) is 10.6 Å². The van der Waals surface area contributed by atoms with Crippen LogP contribution in [0.5, 0.6) is 5.75 Å². The number of benzene rings is 2. The minimum Gasteiger partial charge on any atom is -0.497 e. The average Bonchev–Trinajstić information content (AvgIpc) is 2.73. The number of ether oxygens (including phenoxy) is 1. The van der Waals surface area contributed by atoms with Gasteiger partial charge >= 0.3 is 0 Å². The molecule has 0 saturated carbocycles. The Morgan fingerprint density at radius 1 is 1.11 bits per heavy atom. The largest absolute Gasteiger partial charge is 0.497 e. The summed E-state index contributed by atoms with van der Waals surface area (Å²) in [6.45, 7) is 5.68. The summed E-state index contributed by atoms with van der Waals surface area (Å²) in [4.78, 5) is 24.8. The second-order valence-electron chi connectivity index (χ2n) is 6.88. The van der Waals surface area contributed by atoms with E-state index < -0.39 is 11.6 Å². The maximum absolute atomic E-state index is 12.6. The zero-order valence-corrected chi connectivity index (χ0v) is 16.9. The van der Waals surface area contributed by atoms with E-state index in [4.69, 9.17) is 4.74 Å². The molecule has 0 fully saturated rings. The molecule has 28 heavy (non-hydrogen) atoms. The molecule has 5 nitrogen and oxygen atoms in total. The highest BCUT2D eigenvalue weighted by Crippen LogP contribution is 2.24. The van der Waals surface area contributed by atoms with Crippen molar-refractivity contribution in [2.45, 2.75) is 38.8 Å². The van der Waals surface area contributed by atoms with Gasteiger partial charge in [-0.05, 0) is 49.6 Å². The molecule has 0 saturated heterocycles. The summed E-state index contributed by atoms with van der Waals surface area (Å²) >= 11 is 0. The second kappa shape index (κ2) is 9.74. The molecular formula is C23H28N2O3. The standard InChI is InChI=1S/C23H28N2O3/c1-5-23(3,19-9-7-6-8-10-19)25-22(27)17(2)24-21(26)16-13-18-11-14-20(28-4)15-12-18/h6-17H,5H2,1-4H3,(H,24,26)(H,25,27)/b16-13+. The van der Waals surface area contributed by atoms with Gasteiger partial charge in [0.1, 0.15) is 11.8 Å². The van der Waals surface area contributed by atoms with Gasteiger partial charge in [-0.15, -0.1) is 0 Å². The van der Waals surface area contributed by atoms with Crippen molar-refractivity contribution >= 4 is 17.9 Å². The molecule has 148 valence electrons. The molecule has 2 amide bonds. The molecule has 0 aliphatic carbocycles. The summed E-state index contributed by atoms with van der Waals surface area (Å²) in [6, 6.07) is 16.5. The molecule has 2 N–H and O–H groups in total. The van der Waals surface area contributed by atoms with Crippen LogP contribution in [-0.2, 0) is 15.1 Å². The van der Waals surface area contributed by atoms with Gasteiger partial charge in [-0.1, -0.05) is 49.4 Å². The van der Waals surface area contributed by atoms with Crippen molar-refractivity contribution in [1.82, 2.24) is 10.6 Å². The number of amides is 2. The van der Waals surface area contributed by atoms with Crippen LogP contribution < -0.4 is 15.4 Å². The van der Waals surface area contributed by atoms with E-state index in [9.17, 15) is 9.59 Å². The molecule has 2 unspecified atom stereocenters. The highest BCUT2D eigenvalue weighted by Gasteiger charge is 2.28. The number of hydrogen-bond donors (Lipinski definition) is 2. The van der Waals surface area contributed by atoms with Gasteiger partial charge in [0.2, 0.25) is 11.8 Å². The lowest BCUT2D eigenvalue weighted by atomic mass is 9.89. The average molecular weight is 380 g/mol. The molecule has 5 heteroatoms. The van der Waals surface area contributed by atoms with Gasteiger partial charge in [0, 0.05) is 6.08 Å². The Morgan fingerprint density at radius 3 is 2.32 bits per heavy atom. The van der Waals surface area contributed by atoms with Crippen LogP contribution in [0.2, 0.25) is 0 Å². The third kappa shape index (κ3) is 5.71. The molecule has 2 atom stereocenters. The number of rotatable bonds is 8. The van der Waals surface area contributed by atoms with Gasteiger partial charge in [-0.25, -0.2) is 0 Å². The third-order valence-electron chi connectivity index (χ3n) is 4.81. The first-order valence-corrected chi connectivity index (χ1v) is 9.38. The Hall–Kier alpha value is -3.08. The Morgan fingerprint density at radius 2 is 1.75 bits per heavy atom. The van der Waals surface area contributed by atoms with Crippen LogP contribution in [-0.4, -0.2) is 25.0 Å². The maximum Gasteiger partial charge on any atom is 0.244 e. The summed E-state index contributed by atoms with van der Waals surface area (Å²) in [5.41, 5.74) is 1.41. The van der Waals surface area contributed by atoms with Crippen molar-refractivity contribution in [3.05, 3.63) is 71.8 Å². The Bertz CT molecular complexity index is 816. The summed E-state index contributed by atoms with van der Waals surface area (Å²) < 4.78 is 5.11. The lowest BCUT2D eigenvalue weighted by Crippen LogP contribution is -2.51. The van der Waals surface area contributed by atoms with E-state index in [0.29, 0.717) is 0 Å². The van der Waals surface area contributed by atoms with Crippen LogP contribution in [0.4, 0.5) is 0 Å². The van der Waals surface area contributed by atoms with Crippen molar-refractivity contribution in [3.63, 3.8) is 0 Å². The van der Waals surface area contributed by atoms with Gasteiger partial charge in [-0.3, -0.25) is 9.59 Å². The van der Waals surface area contributed by atoms with Gasteiger partial charge in [0.15, 0.2) is 0 Å². The highest BCUT2D eigenvalue weighted by atomic mass is 16.5. The summed E-state index contributed by atoms with van der Waals surface area (Å²) in [7, 11) is 1.60. The Balaban J connectivity index is 1.95. The van der Waals surface area contributed by atoms with E-state index in [1.165, 1.54) is 6.08 Å². The Labute approximate surface area is 166 Å². The zero-order valence-electron chi connectivity index (χ0n) is 16.9. The predicted molar refractivity (Wildman–Crippen MR) is 112 cm³/mol. The number of hydrogen-bond acceptors (Lipinski definition) is 3. The van der Waals surface area contributed by atoms with E-state index in [0.717, 1.165) is 23.3 Å². The monoisotopic (exact) mass is 380 g/mol. The van der Waals surface area contributed by atoms with Gasteiger partial charge < -0.3 is 15.4 Å². The molecule has 0 aliphatic heterocycles. The van der Waals surface area contributed by atoms with Gasteiger partial charge in [0.05, 0.1) is 12.6 Å². The molecule has 0 spiro atoms. The molecule has 2 rings (SSSR count). The fraction of sp³-hybridized carbons (Fsp3) is 0.304. The Kier molecular flexibility index (Phi) is 7.38.